The van der Waals surface area contributed by atoms with Crippen LogP contribution in [0.3, 0.4) is 0 Å². The van der Waals surface area contributed by atoms with Crippen molar-refractivity contribution in [2.24, 2.45) is 0 Å². The summed E-state index contributed by atoms with van der Waals surface area (Å²) < 4.78 is 29.9. The fourth-order valence-electron chi connectivity index (χ4n) is 4.82. The molecule has 0 radical (unpaired) electrons. The van der Waals surface area contributed by atoms with E-state index < -0.39 is 20.0 Å². The molecule has 3 heterocycles. The number of hydrogen-bond donors (Lipinski definition) is 2. The Morgan fingerprint density at radius 2 is 1.91 bits per heavy atom. The number of carbonyl (C=O) groups excluding carboxylic acids is 1. The number of anilines is 1. The van der Waals surface area contributed by atoms with Crippen molar-refractivity contribution in [1.29, 1.82) is 0 Å². The normalized spacial score (nSPS) is 21.0. The van der Waals surface area contributed by atoms with Crippen LogP contribution in [-0.4, -0.2) is 66.9 Å². The van der Waals surface area contributed by atoms with Gasteiger partial charge >= 0.3 is 0 Å². The molecule has 1 saturated carbocycles. The van der Waals surface area contributed by atoms with Crippen molar-refractivity contribution in [3.05, 3.63) is 47.1 Å². The minimum absolute atomic E-state index is 0.0297. The van der Waals surface area contributed by atoms with E-state index in [1.54, 1.807) is 12.1 Å². The predicted octanol–water partition coefficient (Wildman–Crippen LogP) is 2.40. The second kappa shape index (κ2) is 8.23. The molecule has 1 aromatic carbocycles. The van der Waals surface area contributed by atoms with Crippen LogP contribution in [0.1, 0.15) is 31.2 Å². The van der Waals surface area contributed by atoms with Crippen LogP contribution in [0.15, 0.2) is 41.6 Å². The number of benzene rings is 1. The highest BCUT2D eigenvalue weighted by Gasteiger charge is 2.55. The Morgan fingerprint density at radius 3 is 2.55 bits per heavy atom. The van der Waals surface area contributed by atoms with Crippen molar-refractivity contribution in [2.45, 2.75) is 40.9 Å². The van der Waals surface area contributed by atoms with E-state index in [-0.39, 0.29) is 17.5 Å². The topological polar surface area (TPSA) is 109 Å². The van der Waals surface area contributed by atoms with Crippen LogP contribution < -0.4 is 10.1 Å². The Kier molecular flexibility index (Phi) is 5.63. The number of ether oxygens (including phenoxy) is 1. The van der Waals surface area contributed by atoms with Gasteiger partial charge in [0.2, 0.25) is 15.7 Å². The van der Waals surface area contributed by atoms with Gasteiger partial charge in [-0.1, -0.05) is 11.6 Å². The molecule has 5 rings (SSSR count). The summed E-state index contributed by atoms with van der Waals surface area (Å²) in [4.78, 5) is 19.1. The lowest BCUT2D eigenvalue weighted by atomic mass is 9.73. The number of likely N-dealkylation sites (tertiary alicyclic amines) is 1. The Hall–Kier alpha value is -2.20. The largest absolute Gasteiger partial charge is 0.491 e. The first kappa shape index (κ1) is 22.6. The van der Waals surface area contributed by atoms with E-state index in [2.05, 4.69) is 15.2 Å². The number of amides is 1. The number of nitrogens with one attached hydrogen (secondary N) is 1. The van der Waals surface area contributed by atoms with Crippen LogP contribution in [0.4, 0.5) is 5.69 Å². The van der Waals surface area contributed by atoms with Gasteiger partial charge in [0.05, 0.1) is 18.2 Å². The first-order valence-corrected chi connectivity index (χ1v) is 12.9. The van der Waals surface area contributed by atoms with Gasteiger partial charge in [-0.05, 0) is 74.7 Å². The minimum Gasteiger partial charge on any atom is -0.491 e. The molecule has 8 nitrogen and oxygen atoms in total. The highest BCUT2D eigenvalue weighted by Crippen LogP contribution is 2.46. The van der Waals surface area contributed by atoms with Crippen molar-refractivity contribution >= 4 is 33.0 Å². The summed E-state index contributed by atoms with van der Waals surface area (Å²) in [6, 6.07) is 8.59. The molecular formula is C23H26ClN3O5S. The fraction of sp³-hybridized carbons (Fsp3) is 0.478. The van der Waals surface area contributed by atoms with Gasteiger partial charge in [0.25, 0.3) is 0 Å². The molecule has 1 amide bonds. The van der Waals surface area contributed by atoms with Crippen LogP contribution in [-0.2, 0) is 20.0 Å². The molecule has 10 heteroatoms. The number of rotatable bonds is 7. The third-order valence-electron chi connectivity index (χ3n) is 7.22. The number of aliphatic hydroxyl groups is 1. The van der Waals surface area contributed by atoms with Crippen molar-refractivity contribution in [2.75, 3.05) is 38.2 Å². The van der Waals surface area contributed by atoms with Gasteiger partial charge in [0, 0.05) is 17.3 Å². The third-order valence-corrected chi connectivity index (χ3v) is 9.92. The maximum Gasteiger partial charge on any atom is 0.235 e. The van der Waals surface area contributed by atoms with Crippen molar-refractivity contribution in [3.8, 4) is 5.75 Å². The summed E-state index contributed by atoms with van der Waals surface area (Å²) in [5.74, 6) is 0.543. The van der Waals surface area contributed by atoms with E-state index in [0.29, 0.717) is 49.6 Å². The van der Waals surface area contributed by atoms with Gasteiger partial charge in [-0.3, -0.25) is 9.69 Å². The van der Waals surface area contributed by atoms with E-state index in [1.807, 2.05) is 12.1 Å². The zero-order chi connectivity index (χ0) is 23.3. The Balaban J connectivity index is 1.15. The number of piperidine rings is 1. The molecule has 2 aliphatic heterocycles. The maximum atomic E-state index is 12.7. The monoisotopic (exact) mass is 491 g/mol. The molecule has 0 atom stereocenters. The number of pyridine rings is 1. The SMILES string of the molecule is O=C1Nc2ccc(Cl)cc2C12CCN(CCOc1ccc(S(=O)(=O)C3(CO)CC3)nc1)CC2. The molecule has 2 N–H and O–H groups in total. The van der Waals surface area contributed by atoms with Gasteiger partial charge in [0.1, 0.15) is 17.1 Å². The molecule has 1 spiro atoms. The van der Waals surface area contributed by atoms with E-state index in [9.17, 15) is 18.3 Å². The number of halogens is 1. The lowest BCUT2D eigenvalue weighted by molar-refractivity contribution is -0.122. The van der Waals surface area contributed by atoms with Gasteiger partial charge < -0.3 is 15.2 Å². The molecule has 2 fully saturated rings. The van der Waals surface area contributed by atoms with Crippen LogP contribution in [0.5, 0.6) is 5.75 Å². The van der Waals surface area contributed by atoms with Gasteiger partial charge in [-0.15, -0.1) is 0 Å². The quantitative estimate of drug-likeness (QED) is 0.612. The van der Waals surface area contributed by atoms with Crippen molar-refractivity contribution in [3.63, 3.8) is 0 Å². The highest BCUT2D eigenvalue weighted by atomic mass is 35.5. The molecule has 2 aromatic rings. The number of carbonyl (C=O) groups is 1. The number of fused-ring (bicyclic) bond motifs is 2. The molecule has 1 saturated heterocycles. The Morgan fingerprint density at radius 1 is 1.15 bits per heavy atom. The van der Waals surface area contributed by atoms with Gasteiger partial charge in [-0.2, -0.15) is 0 Å². The van der Waals surface area contributed by atoms with Gasteiger partial charge in [-0.25, -0.2) is 13.4 Å². The van der Waals surface area contributed by atoms with Crippen molar-refractivity contribution in [1.82, 2.24) is 9.88 Å². The second-order valence-corrected chi connectivity index (χ2v) is 11.8. The summed E-state index contributed by atoms with van der Waals surface area (Å²) in [7, 11) is -3.64. The first-order chi connectivity index (χ1) is 15.8. The van der Waals surface area contributed by atoms with Crippen LogP contribution in [0, 0.1) is 0 Å². The lowest BCUT2D eigenvalue weighted by Crippen LogP contribution is -2.47. The number of nitrogens with zero attached hydrogens (tertiary/aromatic N) is 2. The molecule has 33 heavy (non-hydrogen) atoms. The molecule has 176 valence electrons. The standard InChI is InChI=1S/C23H26ClN3O5S/c24-16-1-3-19-18(13-16)23(21(29)26-19)7-9-27(10-8-23)11-12-32-17-2-4-20(25-14-17)33(30,31)22(15-28)5-6-22/h1-4,13-14,28H,5-12,15H2,(H,26,29). The summed E-state index contributed by atoms with van der Waals surface area (Å²) in [6.45, 7) is 2.26. The number of hydrogen-bond acceptors (Lipinski definition) is 7. The molecule has 1 aromatic heterocycles. The van der Waals surface area contributed by atoms with Crippen molar-refractivity contribution < 1.29 is 23.1 Å². The number of aromatic nitrogens is 1. The predicted molar refractivity (Wildman–Crippen MR) is 123 cm³/mol. The third kappa shape index (κ3) is 3.80. The molecule has 1 aliphatic carbocycles. The fourth-order valence-corrected chi connectivity index (χ4v) is 6.68. The number of aliphatic hydroxyl groups excluding tert-OH is 1. The minimum atomic E-state index is -3.64. The van der Waals surface area contributed by atoms with Gasteiger partial charge in [0.15, 0.2) is 5.03 Å². The Labute approximate surface area is 197 Å². The van der Waals surface area contributed by atoms with E-state index in [1.165, 1.54) is 12.3 Å². The summed E-state index contributed by atoms with van der Waals surface area (Å²) in [6.07, 6.45) is 3.77. The lowest BCUT2D eigenvalue weighted by Gasteiger charge is -2.37. The van der Waals surface area contributed by atoms with E-state index in [0.717, 1.165) is 24.3 Å². The summed E-state index contributed by atoms with van der Waals surface area (Å²) in [5.41, 5.74) is 1.33. The zero-order valence-corrected chi connectivity index (χ0v) is 19.7. The zero-order valence-electron chi connectivity index (χ0n) is 18.1. The van der Waals surface area contributed by atoms with Crippen LogP contribution in [0.25, 0.3) is 0 Å². The van der Waals surface area contributed by atoms with E-state index in [4.69, 9.17) is 16.3 Å². The highest BCUT2D eigenvalue weighted by molar-refractivity contribution is 7.93. The van der Waals surface area contributed by atoms with E-state index >= 15 is 0 Å². The summed E-state index contributed by atoms with van der Waals surface area (Å²) >= 11 is 6.18. The second-order valence-electron chi connectivity index (χ2n) is 9.09. The van der Waals surface area contributed by atoms with Crippen LogP contribution >= 0.6 is 11.6 Å². The number of sulfone groups is 1. The molecule has 0 unspecified atom stereocenters. The average molecular weight is 492 g/mol. The molecule has 3 aliphatic rings. The molecule has 0 bridgehead atoms. The van der Waals surface area contributed by atoms with Crippen LogP contribution in [0.2, 0.25) is 5.02 Å². The molecular weight excluding hydrogens is 466 g/mol. The summed E-state index contributed by atoms with van der Waals surface area (Å²) in [5, 5.41) is 13.0. The Bertz CT molecular complexity index is 1170. The first-order valence-electron chi connectivity index (χ1n) is 11.1. The maximum absolute atomic E-state index is 12.7. The average Bonchev–Trinajstić information content (AvgIpc) is 3.59. The smallest absolute Gasteiger partial charge is 0.235 e.